The van der Waals surface area contributed by atoms with Crippen LogP contribution in [0.1, 0.15) is 48.9 Å². The highest BCUT2D eigenvalue weighted by atomic mass is 32.2. The Labute approximate surface area is 148 Å². The van der Waals surface area contributed by atoms with E-state index in [-0.39, 0.29) is 29.0 Å². The SMILES string of the molecule is O=C(c1ccc(S(=O)(=O)NC2CC2)cc1)N1CCOC2CCCCC21. The normalized spacial score (nSPS) is 27.0. The van der Waals surface area contributed by atoms with E-state index in [2.05, 4.69) is 4.72 Å². The van der Waals surface area contributed by atoms with E-state index >= 15 is 0 Å². The highest BCUT2D eigenvalue weighted by Gasteiger charge is 2.37. The number of rotatable bonds is 4. The van der Waals surface area contributed by atoms with Crippen LogP contribution in [0.4, 0.5) is 0 Å². The Kier molecular flexibility index (Phi) is 4.56. The number of fused-ring (bicyclic) bond motifs is 1. The molecule has 2 atom stereocenters. The van der Waals surface area contributed by atoms with Gasteiger partial charge < -0.3 is 9.64 Å². The summed E-state index contributed by atoms with van der Waals surface area (Å²) in [6.07, 6.45) is 6.22. The fourth-order valence-electron chi connectivity index (χ4n) is 3.78. The van der Waals surface area contributed by atoms with Crippen LogP contribution in [-0.2, 0) is 14.8 Å². The molecule has 1 aromatic carbocycles. The number of sulfonamides is 1. The summed E-state index contributed by atoms with van der Waals surface area (Å²) in [6, 6.07) is 6.51. The van der Waals surface area contributed by atoms with Crippen molar-refractivity contribution < 1.29 is 17.9 Å². The molecule has 0 spiro atoms. The maximum atomic E-state index is 12.9. The molecule has 1 N–H and O–H groups in total. The zero-order valence-corrected chi connectivity index (χ0v) is 15.0. The van der Waals surface area contributed by atoms with Crippen molar-refractivity contribution in [1.82, 2.24) is 9.62 Å². The van der Waals surface area contributed by atoms with Crippen LogP contribution in [0, 0.1) is 0 Å². The molecular weight excluding hydrogens is 340 g/mol. The van der Waals surface area contributed by atoms with Gasteiger partial charge in [0, 0.05) is 18.2 Å². The minimum atomic E-state index is -3.48. The van der Waals surface area contributed by atoms with Crippen LogP contribution in [0.25, 0.3) is 0 Å². The highest BCUT2D eigenvalue weighted by Crippen LogP contribution is 2.29. The smallest absolute Gasteiger partial charge is 0.254 e. The van der Waals surface area contributed by atoms with Crippen LogP contribution in [-0.4, -0.2) is 50.6 Å². The Morgan fingerprint density at radius 2 is 1.80 bits per heavy atom. The number of nitrogens with one attached hydrogen (secondary N) is 1. The van der Waals surface area contributed by atoms with Gasteiger partial charge in [0.25, 0.3) is 5.91 Å². The Morgan fingerprint density at radius 1 is 1.08 bits per heavy atom. The fourth-order valence-corrected chi connectivity index (χ4v) is 5.08. The summed E-state index contributed by atoms with van der Waals surface area (Å²) in [7, 11) is -3.48. The zero-order chi connectivity index (χ0) is 17.4. The molecule has 3 fully saturated rings. The number of amides is 1. The maximum absolute atomic E-state index is 12.9. The first-order valence-corrected chi connectivity index (χ1v) is 10.6. The van der Waals surface area contributed by atoms with Crippen molar-refractivity contribution in [2.24, 2.45) is 0 Å². The molecule has 1 aromatic rings. The van der Waals surface area contributed by atoms with Gasteiger partial charge in [-0.25, -0.2) is 13.1 Å². The topological polar surface area (TPSA) is 75.7 Å². The number of benzene rings is 1. The minimum Gasteiger partial charge on any atom is -0.374 e. The Morgan fingerprint density at radius 3 is 2.52 bits per heavy atom. The number of ether oxygens (including phenoxy) is 1. The molecular formula is C18H24N2O4S. The van der Waals surface area contributed by atoms with Crippen molar-refractivity contribution in [3.05, 3.63) is 29.8 Å². The maximum Gasteiger partial charge on any atom is 0.254 e. The van der Waals surface area contributed by atoms with Crippen LogP contribution < -0.4 is 4.72 Å². The van der Waals surface area contributed by atoms with E-state index in [9.17, 15) is 13.2 Å². The molecule has 2 saturated carbocycles. The molecule has 1 saturated heterocycles. The summed E-state index contributed by atoms with van der Waals surface area (Å²) in [5.41, 5.74) is 0.539. The van der Waals surface area contributed by atoms with Gasteiger partial charge in [0.2, 0.25) is 10.0 Å². The van der Waals surface area contributed by atoms with Crippen LogP contribution in [0.2, 0.25) is 0 Å². The molecule has 1 heterocycles. The number of nitrogens with zero attached hydrogens (tertiary/aromatic N) is 1. The predicted molar refractivity (Wildman–Crippen MR) is 92.8 cm³/mol. The van der Waals surface area contributed by atoms with Crippen molar-refractivity contribution in [3.63, 3.8) is 0 Å². The average molecular weight is 364 g/mol. The molecule has 4 rings (SSSR count). The lowest BCUT2D eigenvalue weighted by Crippen LogP contribution is -2.54. The molecule has 1 aliphatic heterocycles. The summed E-state index contributed by atoms with van der Waals surface area (Å²) in [5.74, 6) is -0.0284. The molecule has 136 valence electrons. The van der Waals surface area contributed by atoms with Gasteiger partial charge in [0.15, 0.2) is 0 Å². The second-order valence-electron chi connectivity index (χ2n) is 7.18. The first-order valence-electron chi connectivity index (χ1n) is 9.09. The summed E-state index contributed by atoms with van der Waals surface area (Å²) in [6.45, 7) is 1.17. The number of morpholine rings is 1. The van der Waals surface area contributed by atoms with E-state index in [4.69, 9.17) is 4.74 Å². The lowest BCUT2D eigenvalue weighted by atomic mass is 9.89. The van der Waals surface area contributed by atoms with E-state index in [1.807, 2.05) is 4.90 Å². The van der Waals surface area contributed by atoms with E-state index in [1.165, 1.54) is 12.1 Å². The zero-order valence-electron chi connectivity index (χ0n) is 14.2. The van der Waals surface area contributed by atoms with Gasteiger partial charge in [0.1, 0.15) is 0 Å². The molecule has 0 bridgehead atoms. The first-order chi connectivity index (χ1) is 12.0. The van der Waals surface area contributed by atoms with Gasteiger partial charge in [-0.15, -0.1) is 0 Å². The first kappa shape index (κ1) is 17.0. The monoisotopic (exact) mass is 364 g/mol. The molecule has 0 aromatic heterocycles. The molecule has 2 aliphatic carbocycles. The van der Waals surface area contributed by atoms with Gasteiger partial charge in [-0.05, 0) is 49.9 Å². The third-order valence-corrected chi connectivity index (χ3v) is 6.84. The molecule has 25 heavy (non-hydrogen) atoms. The number of carbonyl (C=O) groups is 1. The standard InChI is InChI=1S/C18H24N2O4S/c21-18(20-11-12-24-17-4-2-1-3-16(17)20)13-5-9-15(10-6-13)25(22,23)19-14-7-8-14/h5-6,9-10,14,16-17,19H,1-4,7-8,11-12H2. The van der Waals surface area contributed by atoms with Crippen molar-refractivity contribution in [2.75, 3.05) is 13.2 Å². The third kappa shape index (κ3) is 3.59. The van der Waals surface area contributed by atoms with E-state index in [0.29, 0.717) is 18.7 Å². The lowest BCUT2D eigenvalue weighted by Gasteiger charge is -2.43. The summed E-state index contributed by atoms with van der Waals surface area (Å²) >= 11 is 0. The van der Waals surface area contributed by atoms with Crippen LogP contribution in [0.3, 0.4) is 0 Å². The van der Waals surface area contributed by atoms with Gasteiger partial charge in [-0.1, -0.05) is 12.8 Å². The fraction of sp³-hybridized carbons (Fsp3) is 0.611. The molecule has 0 radical (unpaired) electrons. The Balaban J connectivity index is 1.50. The number of hydrogen-bond donors (Lipinski definition) is 1. The quantitative estimate of drug-likeness (QED) is 0.885. The van der Waals surface area contributed by atoms with Crippen LogP contribution >= 0.6 is 0 Å². The summed E-state index contributed by atoms with van der Waals surface area (Å²) in [5, 5.41) is 0. The molecule has 1 amide bonds. The van der Waals surface area contributed by atoms with Crippen molar-refractivity contribution in [3.8, 4) is 0 Å². The lowest BCUT2D eigenvalue weighted by molar-refractivity contribution is -0.0752. The highest BCUT2D eigenvalue weighted by molar-refractivity contribution is 7.89. The van der Waals surface area contributed by atoms with Crippen LogP contribution in [0.5, 0.6) is 0 Å². The predicted octanol–water partition coefficient (Wildman–Crippen LogP) is 1.91. The minimum absolute atomic E-state index is 0.0284. The van der Waals surface area contributed by atoms with Crippen molar-refractivity contribution >= 4 is 15.9 Å². The molecule has 3 aliphatic rings. The molecule has 7 heteroatoms. The van der Waals surface area contributed by atoms with Crippen LogP contribution in [0.15, 0.2) is 29.2 Å². The second kappa shape index (κ2) is 6.70. The largest absolute Gasteiger partial charge is 0.374 e. The number of carbonyl (C=O) groups excluding carboxylic acids is 1. The Bertz CT molecular complexity index is 741. The average Bonchev–Trinajstić information content (AvgIpc) is 3.44. The van der Waals surface area contributed by atoms with E-state index in [0.717, 1.165) is 38.5 Å². The van der Waals surface area contributed by atoms with E-state index < -0.39 is 10.0 Å². The van der Waals surface area contributed by atoms with Crippen molar-refractivity contribution in [2.45, 2.75) is 61.6 Å². The van der Waals surface area contributed by atoms with Gasteiger partial charge >= 0.3 is 0 Å². The van der Waals surface area contributed by atoms with Gasteiger partial charge in [-0.2, -0.15) is 0 Å². The summed E-state index contributed by atoms with van der Waals surface area (Å²) in [4.78, 5) is 15.0. The Hall–Kier alpha value is -1.44. The molecule has 2 unspecified atom stereocenters. The molecule has 6 nitrogen and oxygen atoms in total. The number of hydrogen-bond acceptors (Lipinski definition) is 4. The second-order valence-corrected chi connectivity index (χ2v) is 8.89. The van der Waals surface area contributed by atoms with E-state index in [1.54, 1.807) is 12.1 Å². The summed E-state index contributed by atoms with van der Waals surface area (Å²) < 4.78 is 32.9. The van der Waals surface area contributed by atoms with Gasteiger partial charge in [0.05, 0.1) is 23.6 Å². The third-order valence-electron chi connectivity index (χ3n) is 5.30. The van der Waals surface area contributed by atoms with Crippen molar-refractivity contribution in [1.29, 1.82) is 0 Å². The van der Waals surface area contributed by atoms with Gasteiger partial charge in [-0.3, -0.25) is 4.79 Å².